The van der Waals surface area contributed by atoms with Gasteiger partial charge < -0.3 is 4.74 Å². The molecule has 0 atom stereocenters. The van der Waals surface area contributed by atoms with Crippen LogP contribution in [0.4, 0.5) is 4.79 Å². The number of ether oxygens (including phenoxy) is 1. The lowest BCUT2D eigenvalue weighted by molar-refractivity contribution is -0.125. The molecular formula is C8H13ClN2O4. The van der Waals surface area contributed by atoms with Gasteiger partial charge in [0.25, 0.3) is 0 Å². The lowest BCUT2D eigenvalue weighted by atomic mass is 10.6. The lowest BCUT2D eigenvalue weighted by Crippen LogP contribution is -2.33. The molecule has 0 aromatic heterocycles. The average molecular weight is 237 g/mol. The Labute approximate surface area is 92.8 Å². The third kappa shape index (κ3) is 5.21. The van der Waals surface area contributed by atoms with Crippen LogP contribution in [0.15, 0.2) is 5.16 Å². The lowest BCUT2D eigenvalue weighted by Gasteiger charge is -2.10. The average Bonchev–Trinajstić information content (AvgIpc) is 2.24. The maximum atomic E-state index is 11.1. The second kappa shape index (κ2) is 7.05. The van der Waals surface area contributed by atoms with Gasteiger partial charge in [0.05, 0.1) is 6.61 Å². The number of alkyl halides is 1. The molecule has 7 heteroatoms. The summed E-state index contributed by atoms with van der Waals surface area (Å²) in [6.45, 7) is 3.72. The molecule has 0 fully saturated rings. The van der Waals surface area contributed by atoms with Crippen molar-refractivity contribution in [3.05, 3.63) is 0 Å². The van der Waals surface area contributed by atoms with Gasteiger partial charge in [-0.05, 0) is 12.1 Å². The van der Waals surface area contributed by atoms with Gasteiger partial charge >= 0.3 is 6.09 Å². The number of halogens is 1. The van der Waals surface area contributed by atoms with Crippen LogP contribution < -0.4 is 0 Å². The third-order valence-corrected chi connectivity index (χ3v) is 1.60. The summed E-state index contributed by atoms with van der Waals surface area (Å²) < 4.78 is 4.90. The van der Waals surface area contributed by atoms with E-state index < -0.39 is 12.0 Å². The molecule has 0 aromatic rings. The smallest absolute Gasteiger partial charge is 0.442 e. The Hall–Kier alpha value is -1.30. The van der Waals surface area contributed by atoms with E-state index in [0.717, 1.165) is 4.90 Å². The number of carbonyl (C=O) groups is 2. The number of amides is 2. The fourth-order valence-corrected chi connectivity index (χ4v) is 0.771. The van der Waals surface area contributed by atoms with Crippen molar-refractivity contribution in [2.45, 2.75) is 13.8 Å². The number of hydrogen-bond donors (Lipinski definition) is 0. The predicted molar refractivity (Wildman–Crippen MR) is 54.7 cm³/mol. The number of oxime groups is 1. The van der Waals surface area contributed by atoms with E-state index in [4.69, 9.17) is 16.3 Å². The van der Waals surface area contributed by atoms with Gasteiger partial charge in [0.2, 0.25) is 11.8 Å². The molecule has 0 saturated carbocycles. The molecule has 15 heavy (non-hydrogen) atoms. The highest BCUT2D eigenvalue weighted by molar-refractivity contribution is 6.28. The molecule has 0 N–H and O–H groups in total. The zero-order valence-electron chi connectivity index (χ0n) is 8.82. The number of nitrogens with zero attached hydrogens (tertiary/aromatic N) is 2. The zero-order chi connectivity index (χ0) is 11.8. The SMILES string of the molecule is CCOC(C)=NOC(=O)N(C)C(=O)CCl. The van der Waals surface area contributed by atoms with E-state index in [1.807, 2.05) is 0 Å². The summed E-state index contributed by atoms with van der Waals surface area (Å²) in [5.41, 5.74) is 0. The summed E-state index contributed by atoms with van der Waals surface area (Å²) in [5, 5.41) is 3.36. The first kappa shape index (κ1) is 13.7. The second-order valence-corrected chi connectivity index (χ2v) is 2.75. The molecule has 0 aliphatic rings. The van der Waals surface area contributed by atoms with Gasteiger partial charge in [-0.25, -0.2) is 9.69 Å². The largest absolute Gasteiger partial charge is 0.479 e. The summed E-state index contributed by atoms with van der Waals surface area (Å²) >= 11 is 5.24. The van der Waals surface area contributed by atoms with Crippen LogP contribution in [0.1, 0.15) is 13.8 Å². The van der Waals surface area contributed by atoms with E-state index >= 15 is 0 Å². The van der Waals surface area contributed by atoms with Crippen LogP contribution in [0.2, 0.25) is 0 Å². The summed E-state index contributed by atoms with van der Waals surface area (Å²) in [6.07, 6.45) is -0.903. The number of imide groups is 1. The third-order valence-electron chi connectivity index (χ3n) is 1.37. The first-order valence-electron chi connectivity index (χ1n) is 4.23. The first-order valence-corrected chi connectivity index (χ1v) is 4.77. The van der Waals surface area contributed by atoms with Crippen molar-refractivity contribution in [1.29, 1.82) is 0 Å². The molecule has 0 spiro atoms. The topological polar surface area (TPSA) is 68.2 Å². The molecule has 2 amide bonds. The monoisotopic (exact) mass is 236 g/mol. The molecule has 0 heterocycles. The van der Waals surface area contributed by atoms with Gasteiger partial charge in [-0.15, -0.1) is 11.6 Å². The highest BCUT2D eigenvalue weighted by atomic mass is 35.5. The van der Waals surface area contributed by atoms with Crippen LogP contribution in [-0.4, -0.2) is 42.3 Å². The van der Waals surface area contributed by atoms with E-state index in [1.165, 1.54) is 14.0 Å². The summed E-state index contributed by atoms with van der Waals surface area (Å²) in [4.78, 5) is 27.2. The molecule has 0 radical (unpaired) electrons. The number of hydrogen-bond acceptors (Lipinski definition) is 5. The normalized spacial score (nSPS) is 10.8. The maximum Gasteiger partial charge on any atom is 0.442 e. The van der Waals surface area contributed by atoms with Crippen molar-refractivity contribution in [2.75, 3.05) is 19.5 Å². The summed E-state index contributed by atoms with van der Waals surface area (Å²) in [7, 11) is 1.25. The maximum absolute atomic E-state index is 11.1. The van der Waals surface area contributed by atoms with Crippen LogP contribution in [0.25, 0.3) is 0 Å². The van der Waals surface area contributed by atoms with E-state index in [2.05, 4.69) is 9.99 Å². The Morgan fingerprint density at radius 1 is 1.47 bits per heavy atom. The molecule has 0 aromatic carbocycles. The van der Waals surface area contributed by atoms with Gasteiger partial charge in [0, 0.05) is 14.0 Å². The van der Waals surface area contributed by atoms with Crippen LogP contribution >= 0.6 is 11.6 Å². The molecule has 0 rings (SSSR count). The van der Waals surface area contributed by atoms with Gasteiger partial charge in [0.1, 0.15) is 5.88 Å². The van der Waals surface area contributed by atoms with Crippen molar-refractivity contribution in [1.82, 2.24) is 4.90 Å². The number of carbonyl (C=O) groups excluding carboxylic acids is 2. The Bertz CT molecular complexity index is 267. The predicted octanol–water partition coefficient (Wildman–Crippen LogP) is 1.19. The molecular weight excluding hydrogens is 224 g/mol. The van der Waals surface area contributed by atoms with Crippen LogP contribution in [-0.2, 0) is 14.4 Å². The minimum absolute atomic E-state index is 0.206. The zero-order valence-corrected chi connectivity index (χ0v) is 9.58. The molecule has 0 aliphatic carbocycles. The highest BCUT2D eigenvalue weighted by Gasteiger charge is 2.17. The molecule has 0 bridgehead atoms. The van der Waals surface area contributed by atoms with Crippen molar-refractivity contribution < 1.29 is 19.2 Å². The summed E-state index contributed by atoms with van der Waals surface area (Å²) in [6, 6.07) is 0. The van der Waals surface area contributed by atoms with E-state index in [0.29, 0.717) is 6.61 Å². The first-order chi connectivity index (χ1) is 7.02. The van der Waals surface area contributed by atoms with Crippen LogP contribution in [0.3, 0.4) is 0 Å². The van der Waals surface area contributed by atoms with Crippen molar-refractivity contribution >= 4 is 29.5 Å². The van der Waals surface area contributed by atoms with E-state index in [1.54, 1.807) is 6.92 Å². The van der Waals surface area contributed by atoms with Gasteiger partial charge in [0.15, 0.2) is 0 Å². The van der Waals surface area contributed by atoms with Gasteiger partial charge in [-0.2, -0.15) is 0 Å². The Balaban J connectivity index is 4.14. The van der Waals surface area contributed by atoms with Crippen LogP contribution in [0.5, 0.6) is 0 Å². The summed E-state index contributed by atoms with van der Waals surface area (Å²) in [5.74, 6) is -0.650. The van der Waals surface area contributed by atoms with Gasteiger partial charge in [-0.3, -0.25) is 9.63 Å². The van der Waals surface area contributed by atoms with Crippen molar-refractivity contribution in [2.24, 2.45) is 5.16 Å². The minimum Gasteiger partial charge on any atom is -0.479 e. The molecule has 0 saturated heterocycles. The second-order valence-electron chi connectivity index (χ2n) is 2.49. The standard InChI is InChI=1S/C8H13ClN2O4/c1-4-14-6(2)10-15-8(13)11(3)7(12)5-9/h4-5H2,1-3H3. The Morgan fingerprint density at radius 3 is 2.53 bits per heavy atom. The fourth-order valence-electron chi connectivity index (χ4n) is 0.591. The van der Waals surface area contributed by atoms with Crippen LogP contribution in [0, 0.1) is 0 Å². The Kier molecular flexibility index (Phi) is 6.44. The quantitative estimate of drug-likeness (QED) is 0.243. The highest BCUT2D eigenvalue weighted by Crippen LogP contribution is 1.95. The van der Waals surface area contributed by atoms with Crippen molar-refractivity contribution in [3.8, 4) is 0 Å². The molecule has 6 nitrogen and oxygen atoms in total. The minimum atomic E-state index is -0.903. The fraction of sp³-hybridized carbons (Fsp3) is 0.625. The molecule has 0 unspecified atom stereocenters. The molecule has 86 valence electrons. The van der Waals surface area contributed by atoms with E-state index in [9.17, 15) is 9.59 Å². The Morgan fingerprint density at radius 2 is 2.07 bits per heavy atom. The van der Waals surface area contributed by atoms with E-state index in [-0.39, 0.29) is 11.8 Å². The molecule has 0 aliphatic heterocycles. The van der Waals surface area contributed by atoms with Gasteiger partial charge in [-0.1, -0.05) is 0 Å². The number of rotatable bonds is 3. The van der Waals surface area contributed by atoms with Crippen molar-refractivity contribution in [3.63, 3.8) is 0 Å².